The lowest BCUT2D eigenvalue weighted by Gasteiger charge is -2.18. The van der Waals surface area contributed by atoms with Crippen LogP contribution in [0.15, 0.2) is 15.8 Å². The van der Waals surface area contributed by atoms with Crippen LogP contribution in [0, 0.1) is 0 Å². The second kappa shape index (κ2) is 22.4. The maximum Gasteiger partial charge on any atom is 0.472 e. The quantitative estimate of drug-likeness (QED) is 0.0789. The maximum absolute atomic E-state index is 12.8. The molecular formula is C29H52N5O13P. The van der Waals surface area contributed by atoms with Crippen LogP contribution in [0.2, 0.25) is 0 Å². The molecule has 18 nitrogen and oxygen atoms in total. The number of rotatable bonds is 21. The lowest BCUT2D eigenvalue weighted by molar-refractivity contribution is -0.123. The number of nitrogens with one attached hydrogen (secondary N) is 4. The van der Waals surface area contributed by atoms with Gasteiger partial charge in [-0.25, -0.2) is 18.9 Å². The van der Waals surface area contributed by atoms with Gasteiger partial charge in [-0.3, -0.25) is 28.2 Å². The topological polar surface area (TPSA) is 246 Å². The number of ether oxygens (including phenoxy) is 3. The van der Waals surface area contributed by atoms with Gasteiger partial charge in [-0.15, -0.1) is 0 Å². The van der Waals surface area contributed by atoms with Crippen molar-refractivity contribution >= 4 is 25.9 Å². The molecule has 0 radical (unpaired) electrons. The summed E-state index contributed by atoms with van der Waals surface area (Å²) in [6.07, 6.45) is 1.71. The maximum atomic E-state index is 12.8. The summed E-state index contributed by atoms with van der Waals surface area (Å²) in [4.78, 5) is 72.9. The number of aliphatic hydroxyl groups is 1. The molecule has 1 aromatic rings. The molecule has 2 rings (SSSR count). The van der Waals surface area contributed by atoms with Crippen molar-refractivity contribution in [1.82, 2.24) is 25.5 Å². The Hall–Kier alpha value is -3.28. The Morgan fingerprint density at radius 2 is 1.69 bits per heavy atom. The predicted octanol–water partition coefficient (Wildman–Crippen LogP) is 1.83. The molecular weight excluding hydrogens is 657 g/mol. The van der Waals surface area contributed by atoms with Gasteiger partial charge in [0.15, 0.2) is 0 Å². The highest BCUT2D eigenvalue weighted by Gasteiger charge is 2.41. The number of unbranched alkanes of at least 4 members (excludes halogenated alkanes) is 4. The van der Waals surface area contributed by atoms with Crippen molar-refractivity contribution in [2.24, 2.45) is 0 Å². The first-order valence-electron chi connectivity index (χ1n) is 15.7. The van der Waals surface area contributed by atoms with Gasteiger partial charge in [-0.05, 0) is 52.4 Å². The summed E-state index contributed by atoms with van der Waals surface area (Å²) in [5.74, 6) is -0.348. The summed E-state index contributed by atoms with van der Waals surface area (Å²) in [6, 6.07) is -0.800. The Morgan fingerprint density at radius 3 is 2.35 bits per heavy atom. The summed E-state index contributed by atoms with van der Waals surface area (Å²) < 4.78 is 37.8. The summed E-state index contributed by atoms with van der Waals surface area (Å²) >= 11 is 0. The van der Waals surface area contributed by atoms with E-state index in [1.807, 2.05) is 0 Å². The Morgan fingerprint density at radius 1 is 1.04 bits per heavy atom. The Labute approximate surface area is 279 Å². The zero-order chi connectivity index (χ0) is 34.8. The minimum atomic E-state index is -4.37. The normalized spacial score (nSPS) is 19.0. The van der Waals surface area contributed by atoms with Crippen LogP contribution >= 0.6 is 7.82 Å². The third-order valence-electron chi connectivity index (χ3n) is 7.23. The van der Waals surface area contributed by atoms with Gasteiger partial charge in [-0.1, -0.05) is 20.3 Å². The lowest BCUT2D eigenvalue weighted by Crippen LogP contribution is -2.47. The number of hydrogen-bond donors (Lipinski definition) is 6. The van der Waals surface area contributed by atoms with Gasteiger partial charge in [0, 0.05) is 38.4 Å². The Bertz CT molecular complexity index is 1310. The molecule has 1 aliphatic rings. The highest BCUT2D eigenvalue weighted by molar-refractivity contribution is 7.47. The third-order valence-corrected chi connectivity index (χ3v) is 8.23. The molecule has 2 unspecified atom stereocenters. The number of phosphoric acid groups is 1. The number of aliphatic hydroxyl groups excluding tert-OH is 1. The van der Waals surface area contributed by atoms with Crippen molar-refractivity contribution < 1.29 is 52.2 Å². The fraction of sp³-hybridized carbons (Fsp3) is 0.759. The minimum Gasteiger partial charge on any atom is -0.450 e. The number of amides is 3. The van der Waals surface area contributed by atoms with E-state index in [-0.39, 0.29) is 33.0 Å². The monoisotopic (exact) mass is 709 g/mol. The van der Waals surface area contributed by atoms with Gasteiger partial charge in [0.05, 0.1) is 19.8 Å². The molecule has 48 heavy (non-hydrogen) atoms. The van der Waals surface area contributed by atoms with Crippen LogP contribution < -0.4 is 27.2 Å². The van der Waals surface area contributed by atoms with E-state index in [1.54, 1.807) is 13.8 Å². The lowest BCUT2D eigenvalue weighted by atomic mass is 10.1. The van der Waals surface area contributed by atoms with Gasteiger partial charge >= 0.3 is 25.7 Å². The first kappa shape index (κ1) is 42.7. The fourth-order valence-corrected chi connectivity index (χ4v) is 5.49. The Balaban J connectivity index is 0.0000115. The standard InChI is InChI=1S/C28H48N5O13P.CH4/c1-4-43-27(38)30-15-11-9-13-20(31-28(39)44-5-2)25(36)29-14-10-7-6-8-12-19-17-33(26(37)32-24(19)35)23-16-21(22(18-34)45-23)46-47(40,41)42-3;/h17,20-23,34H,4-16,18H2,1-3H3,(H,29,36)(H,30,38)(H,31,39)(H,40,41)(H,32,35,37);1H4/t20?,21-,22-,23-;/m0./s1. The van der Waals surface area contributed by atoms with Gasteiger partial charge in [-0.2, -0.15) is 0 Å². The number of phosphoric ester groups is 1. The first-order chi connectivity index (χ1) is 22.4. The van der Waals surface area contributed by atoms with E-state index in [4.69, 9.17) is 18.7 Å². The van der Waals surface area contributed by atoms with Crippen LogP contribution in [0.25, 0.3) is 0 Å². The molecule has 2 heterocycles. The van der Waals surface area contributed by atoms with Crippen LogP contribution in [0.4, 0.5) is 9.59 Å². The first-order valence-corrected chi connectivity index (χ1v) is 17.2. The number of carbonyl (C=O) groups is 3. The molecule has 3 amide bonds. The van der Waals surface area contributed by atoms with Crippen LogP contribution in [0.5, 0.6) is 0 Å². The smallest absolute Gasteiger partial charge is 0.450 e. The number of aromatic nitrogens is 2. The summed E-state index contributed by atoms with van der Waals surface area (Å²) in [5.41, 5.74) is -0.944. The van der Waals surface area contributed by atoms with Crippen molar-refractivity contribution in [3.8, 4) is 0 Å². The van der Waals surface area contributed by atoms with Gasteiger partial charge < -0.3 is 40.2 Å². The molecule has 1 saturated heterocycles. The van der Waals surface area contributed by atoms with Crippen LogP contribution in [0.1, 0.15) is 84.4 Å². The SMILES string of the molecule is C.CCOC(=O)NCCCCC(NC(=O)OCC)C(=O)NCCCCCCc1cn([C@@H]2C[C@H](OP(=O)(O)OC)[C@H](CO)O2)c(=O)[nH]c1=O. The zero-order valence-corrected chi connectivity index (χ0v) is 28.0. The molecule has 0 aromatic carbocycles. The van der Waals surface area contributed by atoms with Crippen molar-refractivity contribution in [1.29, 1.82) is 0 Å². The van der Waals surface area contributed by atoms with Crippen molar-refractivity contribution in [3.05, 3.63) is 32.6 Å². The van der Waals surface area contributed by atoms with Crippen molar-refractivity contribution in [2.75, 3.05) is 40.0 Å². The molecule has 0 spiro atoms. The molecule has 276 valence electrons. The van der Waals surface area contributed by atoms with E-state index in [0.29, 0.717) is 57.2 Å². The van der Waals surface area contributed by atoms with E-state index < -0.39 is 62.3 Å². The third kappa shape index (κ3) is 14.9. The molecule has 19 heteroatoms. The number of aryl methyl sites for hydroxylation is 1. The second-order valence-electron chi connectivity index (χ2n) is 10.7. The number of alkyl carbamates (subject to hydrolysis) is 2. The van der Waals surface area contributed by atoms with Crippen molar-refractivity contribution in [3.63, 3.8) is 0 Å². The highest BCUT2D eigenvalue weighted by atomic mass is 31.2. The molecule has 6 N–H and O–H groups in total. The summed E-state index contributed by atoms with van der Waals surface area (Å²) in [7, 11) is -3.38. The minimum absolute atomic E-state index is 0. The fourth-order valence-electron chi connectivity index (χ4n) is 4.84. The number of H-pyrrole nitrogens is 1. The molecule has 0 saturated carbocycles. The predicted molar refractivity (Wildman–Crippen MR) is 173 cm³/mol. The number of carbonyl (C=O) groups excluding carboxylic acids is 3. The largest absolute Gasteiger partial charge is 0.472 e. The average molecular weight is 710 g/mol. The molecule has 5 atom stereocenters. The van der Waals surface area contributed by atoms with Crippen molar-refractivity contribution in [2.45, 2.75) is 104 Å². The van der Waals surface area contributed by atoms with Crippen LogP contribution in [0.3, 0.4) is 0 Å². The molecule has 1 aliphatic heterocycles. The van der Waals surface area contributed by atoms with Crippen LogP contribution in [-0.2, 0) is 39.0 Å². The van der Waals surface area contributed by atoms with Gasteiger partial charge in [0.25, 0.3) is 5.56 Å². The number of hydrogen-bond acceptors (Lipinski definition) is 12. The van der Waals surface area contributed by atoms with Gasteiger partial charge in [0.1, 0.15) is 24.5 Å². The zero-order valence-electron chi connectivity index (χ0n) is 27.1. The Kier molecular flexibility index (Phi) is 19.9. The average Bonchev–Trinajstić information content (AvgIpc) is 3.42. The van der Waals surface area contributed by atoms with Gasteiger partial charge in [0.2, 0.25) is 5.91 Å². The van der Waals surface area contributed by atoms with Crippen LogP contribution in [-0.4, -0.2) is 95.9 Å². The summed E-state index contributed by atoms with van der Waals surface area (Å²) in [6.45, 7) is 4.00. The van der Waals surface area contributed by atoms with E-state index in [2.05, 4.69) is 25.5 Å². The van der Waals surface area contributed by atoms with E-state index in [1.165, 1.54) is 6.20 Å². The number of aromatic amines is 1. The molecule has 1 fully saturated rings. The number of nitrogens with zero attached hydrogens (tertiary/aromatic N) is 1. The van der Waals surface area contributed by atoms with E-state index >= 15 is 0 Å². The molecule has 1 aromatic heterocycles. The summed E-state index contributed by atoms with van der Waals surface area (Å²) in [5, 5.41) is 17.6. The highest BCUT2D eigenvalue weighted by Crippen LogP contribution is 2.47. The second-order valence-corrected chi connectivity index (χ2v) is 12.2. The molecule has 0 bridgehead atoms. The van der Waals surface area contributed by atoms with E-state index in [0.717, 1.165) is 24.5 Å². The molecule has 0 aliphatic carbocycles. The van der Waals surface area contributed by atoms with E-state index in [9.17, 15) is 38.5 Å².